The second-order valence-electron chi connectivity index (χ2n) is 1.85. The van der Waals surface area contributed by atoms with Crippen molar-refractivity contribution in [3.63, 3.8) is 0 Å². The predicted octanol–water partition coefficient (Wildman–Crippen LogP) is 0.615. The van der Waals surface area contributed by atoms with Crippen LogP contribution >= 0.6 is 12.4 Å². The lowest BCUT2D eigenvalue weighted by Gasteiger charge is -1.89. The van der Waals surface area contributed by atoms with Gasteiger partial charge >= 0.3 is 0 Å². The van der Waals surface area contributed by atoms with Gasteiger partial charge in [0.2, 0.25) is 0 Å². The van der Waals surface area contributed by atoms with Gasteiger partial charge in [-0.15, -0.1) is 12.4 Å². The van der Waals surface area contributed by atoms with Crippen molar-refractivity contribution in [3.05, 3.63) is 30.1 Å². The van der Waals surface area contributed by atoms with Gasteiger partial charge in [0, 0.05) is 12.4 Å². The molecule has 0 unspecified atom stereocenters. The summed E-state index contributed by atoms with van der Waals surface area (Å²) in [6.45, 7) is 0. The van der Waals surface area contributed by atoms with Crippen molar-refractivity contribution in [2.24, 2.45) is 0 Å². The van der Waals surface area contributed by atoms with Crippen LogP contribution in [-0.4, -0.2) is 13.4 Å². The molecule has 0 fully saturated rings. The molecule has 0 bridgehead atoms. The van der Waals surface area contributed by atoms with E-state index in [1.165, 1.54) is 0 Å². The van der Waals surface area contributed by atoms with Crippen LogP contribution in [0.3, 0.4) is 0 Å². The molecule has 0 amide bonds. The zero-order chi connectivity index (χ0) is 7.40. The third-order valence-electron chi connectivity index (χ3n) is 1.03. The van der Waals surface area contributed by atoms with Crippen molar-refractivity contribution in [2.45, 2.75) is 5.75 Å². The van der Waals surface area contributed by atoms with Crippen molar-refractivity contribution in [2.75, 3.05) is 0 Å². The molecule has 0 aliphatic heterocycles. The van der Waals surface area contributed by atoms with Crippen molar-refractivity contribution >= 4 is 23.1 Å². The first-order valence-corrected chi connectivity index (χ1v) is 4.16. The van der Waals surface area contributed by atoms with Crippen LogP contribution in [0, 0.1) is 0 Å². The summed E-state index contributed by atoms with van der Waals surface area (Å²) < 4.78 is 20.4. The number of halogens is 1. The van der Waals surface area contributed by atoms with E-state index >= 15 is 0 Å². The van der Waals surface area contributed by atoms with Crippen LogP contribution in [0.2, 0.25) is 0 Å². The maximum atomic E-state index is 10.2. The Labute approximate surface area is 72.8 Å². The highest BCUT2D eigenvalue weighted by Crippen LogP contribution is 1.95. The molecule has 0 aromatic carbocycles. The largest absolute Gasteiger partial charge is 0.264 e. The van der Waals surface area contributed by atoms with E-state index in [1.54, 1.807) is 24.5 Å². The zero-order valence-corrected chi connectivity index (χ0v) is 7.35. The van der Waals surface area contributed by atoms with Crippen LogP contribution in [0.15, 0.2) is 24.5 Å². The Kier molecular flexibility index (Phi) is 4.81. The quantitative estimate of drug-likeness (QED) is 0.701. The van der Waals surface area contributed by atoms with Crippen LogP contribution in [0.1, 0.15) is 5.56 Å². The molecule has 0 aliphatic rings. The number of hydrogen-bond donors (Lipinski definition) is 1. The first kappa shape index (κ1) is 10.4. The van der Waals surface area contributed by atoms with Gasteiger partial charge in [0.15, 0.2) is 0 Å². The molecular weight excluding hydrogens is 186 g/mol. The Balaban J connectivity index is 0.000001000. The summed E-state index contributed by atoms with van der Waals surface area (Å²) in [6.07, 6.45) is 3.16. The molecule has 0 saturated heterocycles. The molecule has 0 radical (unpaired) electrons. The maximum Gasteiger partial charge on any atom is 0.144 e. The fraction of sp³-hybridized carbons (Fsp3) is 0.167. The second-order valence-corrected chi connectivity index (χ2v) is 2.83. The normalized spacial score (nSPS) is 9.18. The minimum atomic E-state index is -2.32. The number of pyridine rings is 1. The average Bonchev–Trinajstić information content (AvgIpc) is 1.88. The molecule has 0 atom stereocenters. The summed E-state index contributed by atoms with van der Waals surface area (Å²) in [5.41, 5.74) is 0.735. The molecule has 3 nitrogen and oxygen atoms in total. The summed E-state index contributed by atoms with van der Waals surface area (Å²) >= 11 is 0. The van der Waals surface area contributed by atoms with Crippen LogP contribution < -0.4 is 0 Å². The molecule has 1 rings (SSSR count). The molecule has 0 aliphatic carbocycles. The standard InChI is InChI=1S/C6H7NO2S.ClH/c8-10(9)5-6-2-1-3-7-4-6;/h1-4,10H,5H2;1H. The second kappa shape index (κ2) is 5.09. The lowest BCUT2D eigenvalue weighted by Crippen LogP contribution is -1.85. The molecule has 1 aromatic heterocycles. The molecule has 0 saturated carbocycles. The summed E-state index contributed by atoms with van der Waals surface area (Å²) in [7, 11) is -2.32. The third-order valence-corrected chi connectivity index (χ3v) is 1.66. The topological polar surface area (TPSA) is 47.0 Å². The summed E-state index contributed by atoms with van der Waals surface area (Å²) in [6, 6.07) is 3.45. The molecule has 1 heterocycles. The van der Waals surface area contributed by atoms with Gasteiger partial charge in [0.1, 0.15) is 10.7 Å². The molecule has 11 heavy (non-hydrogen) atoms. The fourth-order valence-corrected chi connectivity index (χ4v) is 1.13. The Bertz CT molecular complexity index is 265. The Hall–Kier alpha value is -0.610. The van der Waals surface area contributed by atoms with E-state index in [4.69, 9.17) is 0 Å². The van der Waals surface area contributed by atoms with E-state index in [0.717, 1.165) is 5.56 Å². The predicted molar refractivity (Wildman–Crippen MR) is 45.5 cm³/mol. The monoisotopic (exact) mass is 193 g/mol. The van der Waals surface area contributed by atoms with Gasteiger partial charge in [-0.3, -0.25) is 4.98 Å². The Morgan fingerprint density at radius 3 is 2.64 bits per heavy atom. The Morgan fingerprint density at radius 2 is 2.18 bits per heavy atom. The summed E-state index contributed by atoms with van der Waals surface area (Å²) in [5.74, 6) is 0.0865. The highest BCUT2D eigenvalue weighted by Gasteiger charge is 1.90. The summed E-state index contributed by atoms with van der Waals surface area (Å²) in [4.78, 5) is 3.77. The molecule has 0 spiro atoms. The van der Waals surface area contributed by atoms with E-state index in [2.05, 4.69) is 4.98 Å². The van der Waals surface area contributed by atoms with Gasteiger partial charge in [0.05, 0.1) is 5.75 Å². The third kappa shape index (κ3) is 3.95. The number of hydrogen-bond acceptors (Lipinski definition) is 3. The van der Waals surface area contributed by atoms with Crippen molar-refractivity contribution in [1.29, 1.82) is 0 Å². The van der Waals surface area contributed by atoms with Crippen molar-refractivity contribution < 1.29 is 8.42 Å². The zero-order valence-electron chi connectivity index (χ0n) is 5.64. The fourth-order valence-electron chi connectivity index (χ4n) is 0.641. The van der Waals surface area contributed by atoms with Crippen LogP contribution in [0.25, 0.3) is 0 Å². The molecule has 0 N–H and O–H groups in total. The lowest BCUT2D eigenvalue weighted by atomic mass is 10.3. The molecule has 1 aromatic rings. The average molecular weight is 194 g/mol. The van der Waals surface area contributed by atoms with Crippen molar-refractivity contribution in [3.8, 4) is 0 Å². The van der Waals surface area contributed by atoms with E-state index in [9.17, 15) is 8.42 Å². The van der Waals surface area contributed by atoms with E-state index in [-0.39, 0.29) is 18.2 Å². The van der Waals surface area contributed by atoms with Crippen LogP contribution in [-0.2, 0) is 16.5 Å². The van der Waals surface area contributed by atoms with Gasteiger partial charge in [-0.05, 0) is 11.6 Å². The van der Waals surface area contributed by atoms with Crippen LogP contribution in [0.5, 0.6) is 0 Å². The smallest absolute Gasteiger partial charge is 0.144 e. The Morgan fingerprint density at radius 1 is 1.45 bits per heavy atom. The number of rotatable bonds is 2. The highest BCUT2D eigenvalue weighted by atomic mass is 35.5. The number of aromatic nitrogens is 1. The van der Waals surface area contributed by atoms with E-state index in [0.29, 0.717) is 0 Å². The number of thiol groups is 1. The first-order chi connectivity index (χ1) is 4.79. The molecule has 62 valence electrons. The lowest BCUT2D eigenvalue weighted by molar-refractivity contribution is 0.614. The first-order valence-electron chi connectivity index (χ1n) is 2.80. The summed E-state index contributed by atoms with van der Waals surface area (Å²) in [5, 5.41) is 0. The van der Waals surface area contributed by atoms with Gasteiger partial charge in [-0.1, -0.05) is 6.07 Å². The van der Waals surface area contributed by atoms with Gasteiger partial charge in [-0.2, -0.15) is 0 Å². The van der Waals surface area contributed by atoms with Crippen molar-refractivity contribution in [1.82, 2.24) is 4.98 Å². The van der Waals surface area contributed by atoms with E-state index in [1.807, 2.05) is 0 Å². The minimum Gasteiger partial charge on any atom is -0.264 e. The highest BCUT2D eigenvalue weighted by molar-refractivity contribution is 7.71. The maximum absolute atomic E-state index is 10.2. The molecule has 5 heteroatoms. The van der Waals surface area contributed by atoms with Gasteiger partial charge < -0.3 is 0 Å². The number of nitrogens with zero attached hydrogens (tertiary/aromatic N) is 1. The molecular formula is C6H8ClNO2S. The van der Waals surface area contributed by atoms with Gasteiger partial charge in [0.25, 0.3) is 0 Å². The SMILES string of the molecule is Cl.O=[SH](=O)Cc1cccnc1. The van der Waals surface area contributed by atoms with Crippen LogP contribution in [0.4, 0.5) is 0 Å². The van der Waals surface area contributed by atoms with E-state index < -0.39 is 10.7 Å². The minimum absolute atomic E-state index is 0. The van der Waals surface area contributed by atoms with Gasteiger partial charge in [-0.25, -0.2) is 8.42 Å².